The maximum absolute atomic E-state index is 6.24. The van der Waals surface area contributed by atoms with Crippen LogP contribution in [-0.2, 0) is 0 Å². The van der Waals surface area contributed by atoms with Crippen molar-refractivity contribution in [3.8, 4) is 0 Å². The minimum atomic E-state index is 0.732. The molecule has 2 heterocycles. The summed E-state index contributed by atoms with van der Waals surface area (Å²) in [5.41, 5.74) is 2.58. The van der Waals surface area contributed by atoms with Crippen molar-refractivity contribution in [3.63, 3.8) is 0 Å². The summed E-state index contributed by atoms with van der Waals surface area (Å²) in [6.07, 6.45) is 1.15. The van der Waals surface area contributed by atoms with Crippen LogP contribution in [0.15, 0.2) is 52.3 Å². The largest absolute Gasteiger partial charge is 0.340 e. The predicted molar refractivity (Wildman–Crippen MR) is 117 cm³/mol. The average molecular weight is 422 g/mol. The molecule has 1 fully saturated rings. The fourth-order valence-corrected chi connectivity index (χ4v) is 5.47. The highest BCUT2D eigenvalue weighted by atomic mass is 35.5. The number of para-hydroxylation sites is 1. The van der Waals surface area contributed by atoms with Crippen LogP contribution < -0.4 is 4.90 Å². The number of hydrogen-bond donors (Lipinski definition) is 0. The first-order valence-corrected chi connectivity index (χ1v) is 11.3. The number of piperazine rings is 1. The summed E-state index contributed by atoms with van der Waals surface area (Å²) in [4.78, 5) is 10.1. The topological polar surface area (TPSA) is 9.72 Å². The van der Waals surface area contributed by atoms with Gasteiger partial charge in [-0.25, -0.2) is 0 Å². The molecular weight excluding hydrogens is 397 g/mol. The number of alkyl halides is 1. The van der Waals surface area contributed by atoms with Crippen LogP contribution in [0.25, 0.3) is 0 Å². The van der Waals surface area contributed by atoms with E-state index < -0.39 is 0 Å². The molecule has 27 heavy (non-hydrogen) atoms. The fraction of sp³-hybridized carbons (Fsp3) is 0.429. The van der Waals surface area contributed by atoms with Crippen LogP contribution in [-0.4, -0.2) is 61.5 Å². The second-order valence-electron chi connectivity index (χ2n) is 7.06. The molecule has 0 amide bonds. The predicted octanol–water partition coefficient (Wildman–Crippen LogP) is 5.19. The van der Waals surface area contributed by atoms with E-state index in [1.54, 1.807) is 0 Å². The number of fused-ring (bicyclic) bond motifs is 2. The van der Waals surface area contributed by atoms with E-state index in [9.17, 15) is 0 Å². The second kappa shape index (κ2) is 9.06. The normalized spacial score (nSPS) is 17.6. The molecule has 0 bridgehead atoms. The minimum Gasteiger partial charge on any atom is -0.340 e. The Morgan fingerprint density at radius 1 is 0.815 bits per heavy atom. The highest BCUT2D eigenvalue weighted by Gasteiger charge is 2.23. The van der Waals surface area contributed by atoms with E-state index in [1.165, 1.54) is 21.2 Å². The van der Waals surface area contributed by atoms with Gasteiger partial charge in [0.2, 0.25) is 0 Å². The first-order valence-electron chi connectivity index (χ1n) is 9.59. The number of nitrogens with zero attached hydrogens (tertiary/aromatic N) is 3. The molecule has 4 rings (SSSR count). The lowest BCUT2D eigenvalue weighted by molar-refractivity contribution is 0.137. The van der Waals surface area contributed by atoms with Gasteiger partial charge in [-0.05, 0) is 43.3 Å². The van der Waals surface area contributed by atoms with Crippen molar-refractivity contribution in [2.45, 2.75) is 16.2 Å². The van der Waals surface area contributed by atoms with E-state index in [4.69, 9.17) is 23.2 Å². The Kier molecular flexibility index (Phi) is 6.51. The molecule has 3 nitrogen and oxygen atoms in total. The number of rotatable bonds is 6. The van der Waals surface area contributed by atoms with Crippen molar-refractivity contribution in [1.29, 1.82) is 0 Å². The zero-order chi connectivity index (χ0) is 18.6. The summed E-state index contributed by atoms with van der Waals surface area (Å²) >= 11 is 13.9. The maximum Gasteiger partial charge on any atom is 0.0553 e. The molecule has 2 aliphatic heterocycles. The monoisotopic (exact) mass is 421 g/mol. The molecule has 1 saturated heterocycles. The molecule has 0 N–H and O–H groups in total. The van der Waals surface area contributed by atoms with Crippen molar-refractivity contribution in [2.24, 2.45) is 0 Å². The van der Waals surface area contributed by atoms with Gasteiger partial charge in [0.1, 0.15) is 0 Å². The van der Waals surface area contributed by atoms with Crippen LogP contribution in [0.3, 0.4) is 0 Å². The molecule has 2 aromatic carbocycles. The van der Waals surface area contributed by atoms with Crippen LogP contribution in [0, 0.1) is 0 Å². The lowest BCUT2D eigenvalue weighted by atomic mass is 10.2. The van der Waals surface area contributed by atoms with Crippen molar-refractivity contribution in [2.75, 3.05) is 56.6 Å². The van der Waals surface area contributed by atoms with Gasteiger partial charge in [-0.1, -0.05) is 35.5 Å². The molecule has 0 spiro atoms. The number of hydrogen-bond acceptors (Lipinski definition) is 4. The van der Waals surface area contributed by atoms with Gasteiger partial charge in [-0.2, -0.15) is 0 Å². The zero-order valence-electron chi connectivity index (χ0n) is 15.4. The third-order valence-corrected chi connectivity index (χ3v) is 6.83. The van der Waals surface area contributed by atoms with E-state index in [0.29, 0.717) is 0 Å². The third kappa shape index (κ3) is 4.57. The van der Waals surface area contributed by atoms with Gasteiger partial charge in [0.25, 0.3) is 0 Å². The molecule has 0 aliphatic carbocycles. The first kappa shape index (κ1) is 19.4. The van der Waals surface area contributed by atoms with Crippen LogP contribution in [0.5, 0.6) is 0 Å². The summed E-state index contributed by atoms with van der Waals surface area (Å²) in [5.74, 6) is 0.732. The lowest BCUT2D eigenvalue weighted by Crippen LogP contribution is -2.47. The Morgan fingerprint density at radius 2 is 1.52 bits per heavy atom. The molecule has 2 aromatic rings. The Labute approximate surface area is 176 Å². The molecule has 0 aromatic heterocycles. The Bertz CT molecular complexity index is 778. The first-order chi connectivity index (χ1) is 13.2. The Morgan fingerprint density at radius 3 is 2.30 bits per heavy atom. The lowest BCUT2D eigenvalue weighted by Gasteiger charge is -2.36. The Hall–Kier alpha value is -0.910. The summed E-state index contributed by atoms with van der Waals surface area (Å²) < 4.78 is 0. The summed E-state index contributed by atoms with van der Waals surface area (Å²) in [7, 11) is 0. The van der Waals surface area contributed by atoms with E-state index in [1.807, 2.05) is 17.8 Å². The van der Waals surface area contributed by atoms with E-state index >= 15 is 0 Å². The third-order valence-electron chi connectivity index (χ3n) is 5.31. The van der Waals surface area contributed by atoms with Crippen LogP contribution in [0.2, 0.25) is 5.02 Å². The molecule has 0 saturated carbocycles. The van der Waals surface area contributed by atoms with Gasteiger partial charge in [0.05, 0.1) is 11.4 Å². The Balaban J connectivity index is 1.40. The van der Waals surface area contributed by atoms with Gasteiger partial charge in [-0.3, -0.25) is 4.90 Å². The quantitative estimate of drug-likeness (QED) is 0.593. The summed E-state index contributed by atoms with van der Waals surface area (Å²) in [6, 6.07) is 14.9. The van der Waals surface area contributed by atoms with E-state index in [2.05, 4.69) is 51.1 Å². The summed E-state index contributed by atoms with van der Waals surface area (Å²) in [5, 5.41) is 0.801. The van der Waals surface area contributed by atoms with Crippen molar-refractivity contribution < 1.29 is 0 Å². The molecule has 0 radical (unpaired) electrons. The van der Waals surface area contributed by atoms with Crippen molar-refractivity contribution in [1.82, 2.24) is 9.80 Å². The molecule has 0 unspecified atom stereocenters. The number of halogens is 2. The SMILES string of the molecule is ClCCN1CCN(CCCN2c3ccccc3Sc3cc(Cl)ccc32)CC1. The highest BCUT2D eigenvalue weighted by molar-refractivity contribution is 7.99. The van der Waals surface area contributed by atoms with E-state index in [-0.39, 0.29) is 0 Å². The smallest absolute Gasteiger partial charge is 0.0553 e. The van der Waals surface area contributed by atoms with Crippen molar-refractivity contribution in [3.05, 3.63) is 47.5 Å². The maximum atomic E-state index is 6.24. The molecule has 6 heteroatoms. The molecule has 144 valence electrons. The second-order valence-corrected chi connectivity index (χ2v) is 8.96. The van der Waals surface area contributed by atoms with Gasteiger partial charge in [0, 0.05) is 60.0 Å². The molecule has 0 atom stereocenters. The van der Waals surface area contributed by atoms with Gasteiger partial charge in [0.15, 0.2) is 0 Å². The van der Waals surface area contributed by atoms with Gasteiger partial charge in [-0.15, -0.1) is 11.6 Å². The van der Waals surface area contributed by atoms with Crippen molar-refractivity contribution >= 4 is 46.3 Å². The van der Waals surface area contributed by atoms with Gasteiger partial charge < -0.3 is 9.80 Å². The zero-order valence-corrected chi connectivity index (χ0v) is 17.7. The van der Waals surface area contributed by atoms with Crippen LogP contribution in [0.4, 0.5) is 11.4 Å². The van der Waals surface area contributed by atoms with Crippen LogP contribution >= 0.6 is 35.0 Å². The fourth-order valence-electron chi connectivity index (χ4n) is 3.86. The summed E-state index contributed by atoms with van der Waals surface area (Å²) in [6.45, 7) is 7.74. The van der Waals surface area contributed by atoms with Crippen LogP contribution in [0.1, 0.15) is 6.42 Å². The number of benzene rings is 2. The van der Waals surface area contributed by atoms with Gasteiger partial charge >= 0.3 is 0 Å². The minimum absolute atomic E-state index is 0.732. The standard InChI is InChI=1S/C21H25Cl2N3S/c22-8-11-25-14-12-24(13-15-25)9-3-10-26-18-4-1-2-5-20(18)27-21-16-17(23)6-7-19(21)26/h1-2,4-7,16H,3,8-15H2. The molecular formula is C21H25Cl2N3S. The average Bonchev–Trinajstić information content (AvgIpc) is 2.69. The van der Waals surface area contributed by atoms with E-state index in [0.717, 1.165) is 63.1 Å². The molecule has 2 aliphatic rings. The highest BCUT2D eigenvalue weighted by Crippen LogP contribution is 2.48. The number of anilines is 2.